The van der Waals surface area contributed by atoms with Crippen molar-refractivity contribution in [2.75, 3.05) is 0 Å². The highest BCUT2D eigenvalue weighted by Gasteiger charge is 2.18. The summed E-state index contributed by atoms with van der Waals surface area (Å²) < 4.78 is 1.03. The Hall–Kier alpha value is -1.91. The van der Waals surface area contributed by atoms with Gasteiger partial charge in [-0.2, -0.15) is 0 Å². The minimum Gasteiger partial charge on any atom is -0.508 e. The Labute approximate surface area is 108 Å². The summed E-state index contributed by atoms with van der Waals surface area (Å²) in [6, 6.07) is 14.5. The molecule has 1 heterocycles. The van der Waals surface area contributed by atoms with Crippen LogP contribution in [0.2, 0.25) is 0 Å². The molecular weight excluding hydrogens is 246 g/mol. The minimum absolute atomic E-state index is 0.0873. The van der Waals surface area contributed by atoms with E-state index in [0.717, 1.165) is 10.2 Å². The molecule has 1 aromatic heterocycles. The molecule has 90 valence electrons. The lowest BCUT2D eigenvalue weighted by molar-refractivity contribution is 0.215. The second-order valence-electron chi connectivity index (χ2n) is 3.98. The van der Waals surface area contributed by atoms with E-state index in [1.54, 1.807) is 24.3 Å². The van der Waals surface area contributed by atoms with Crippen molar-refractivity contribution < 1.29 is 10.2 Å². The number of aromatic hydroxyl groups is 1. The zero-order chi connectivity index (χ0) is 12.5. The minimum atomic E-state index is -0.886. The Kier molecular flexibility index (Phi) is 2.74. The van der Waals surface area contributed by atoms with Gasteiger partial charge in [-0.3, -0.25) is 0 Å². The highest BCUT2D eigenvalue weighted by molar-refractivity contribution is 7.18. The zero-order valence-electron chi connectivity index (χ0n) is 9.45. The van der Waals surface area contributed by atoms with Gasteiger partial charge in [0.15, 0.2) is 0 Å². The Balaban J connectivity index is 2.07. The molecule has 18 heavy (non-hydrogen) atoms. The molecule has 0 radical (unpaired) electrons. The number of aliphatic hydroxyl groups is 1. The third kappa shape index (κ3) is 1.85. The lowest BCUT2D eigenvalue weighted by Crippen LogP contribution is -1.98. The van der Waals surface area contributed by atoms with Gasteiger partial charge in [0.05, 0.1) is 10.2 Å². The lowest BCUT2D eigenvalue weighted by Gasteiger charge is -2.09. The first kappa shape index (κ1) is 11.2. The summed E-state index contributed by atoms with van der Waals surface area (Å²) in [6.07, 6.45) is -0.886. The van der Waals surface area contributed by atoms with Gasteiger partial charge in [0.25, 0.3) is 0 Å². The second kappa shape index (κ2) is 4.40. The summed E-state index contributed by atoms with van der Waals surface area (Å²) in [7, 11) is 0. The number of phenolic OH excluding ortho intramolecular Hbond substituents is 1. The van der Waals surface area contributed by atoms with E-state index in [0.29, 0.717) is 10.6 Å². The van der Waals surface area contributed by atoms with E-state index in [-0.39, 0.29) is 5.75 Å². The van der Waals surface area contributed by atoms with E-state index in [1.165, 1.54) is 11.3 Å². The van der Waals surface area contributed by atoms with Gasteiger partial charge >= 0.3 is 0 Å². The monoisotopic (exact) mass is 257 g/mol. The number of benzene rings is 2. The van der Waals surface area contributed by atoms with E-state index in [4.69, 9.17) is 0 Å². The van der Waals surface area contributed by atoms with Gasteiger partial charge in [-0.15, -0.1) is 11.3 Å². The quantitative estimate of drug-likeness (QED) is 0.741. The summed E-state index contributed by atoms with van der Waals surface area (Å²) in [4.78, 5) is 4.39. The Morgan fingerprint density at radius 1 is 1.00 bits per heavy atom. The van der Waals surface area contributed by atoms with Crippen LogP contribution in [0.5, 0.6) is 5.75 Å². The predicted molar refractivity (Wildman–Crippen MR) is 71.8 cm³/mol. The van der Waals surface area contributed by atoms with Gasteiger partial charge in [-0.1, -0.05) is 30.3 Å². The van der Waals surface area contributed by atoms with Crippen LogP contribution in [-0.2, 0) is 0 Å². The van der Waals surface area contributed by atoms with Crippen LogP contribution in [0.3, 0.4) is 0 Å². The third-order valence-electron chi connectivity index (χ3n) is 2.78. The fourth-order valence-corrected chi connectivity index (χ4v) is 2.83. The maximum absolute atomic E-state index is 10.3. The summed E-state index contributed by atoms with van der Waals surface area (Å²) >= 11 is 1.44. The number of rotatable bonds is 2. The average Bonchev–Trinajstić information content (AvgIpc) is 2.82. The maximum Gasteiger partial charge on any atom is 0.134 e. The van der Waals surface area contributed by atoms with Crippen molar-refractivity contribution in [3.8, 4) is 5.75 Å². The van der Waals surface area contributed by atoms with Crippen LogP contribution in [0, 0.1) is 0 Å². The molecule has 1 atom stereocenters. The molecule has 2 N–H and O–H groups in total. The topological polar surface area (TPSA) is 53.4 Å². The number of fused-ring (bicyclic) bond motifs is 1. The van der Waals surface area contributed by atoms with E-state index in [2.05, 4.69) is 4.98 Å². The van der Waals surface area contributed by atoms with E-state index in [1.807, 2.05) is 24.3 Å². The maximum atomic E-state index is 10.3. The highest BCUT2D eigenvalue weighted by atomic mass is 32.1. The first-order valence-corrected chi connectivity index (χ1v) is 6.39. The smallest absolute Gasteiger partial charge is 0.134 e. The number of aromatic nitrogens is 1. The van der Waals surface area contributed by atoms with Crippen LogP contribution >= 0.6 is 11.3 Å². The molecule has 0 aliphatic rings. The summed E-state index contributed by atoms with van der Waals surface area (Å²) in [6.45, 7) is 0. The van der Waals surface area contributed by atoms with Gasteiger partial charge in [-0.05, 0) is 18.2 Å². The molecule has 0 amide bonds. The Morgan fingerprint density at radius 3 is 2.50 bits per heavy atom. The number of para-hydroxylation sites is 2. The van der Waals surface area contributed by atoms with Crippen LogP contribution in [0.25, 0.3) is 10.2 Å². The van der Waals surface area contributed by atoms with E-state index in [9.17, 15) is 10.2 Å². The van der Waals surface area contributed by atoms with Crippen molar-refractivity contribution in [2.24, 2.45) is 0 Å². The molecule has 4 heteroatoms. The summed E-state index contributed by atoms with van der Waals surface area (Å²) in [5.41, 5.74) is 1.35. The molecule has 0 fully saturated rings. The molecule has 3 rings (SSSR count). The molecule has 0 saturated heterocycles. The molecule has 0 saturated carbocycles. The van der Waals surface area contributed by atoms with E-state index >= 15 is 0 Å². The normalized spacial score (nSPS) is 12.7. The summed E-state index contributed by atoms with van der Waals surface area (Å²) in [5.74, 6) is 0.0873. The molecule has 0 bridgehead atoms. The molecule has 3 nitrogen and oxygen atoms in total. The van der Waals surface area contributed by atoms with Crippen molar-refractivity contribution in [1.29, 1.82) is 0 Å². The second-order valence-corrected chi connectivity index (χ2v) is 5.04. The van der Waals surface area contributed by atoms with Crippen LogP contribution in [0.1, 0.15) is 16.7 Å². The van der Waals surface area contributed by atoms with Crippen LogP contribution in [0.15, 0.2) is 48.5 Å². The van der Waals surface area contributed by atoms with Crippen LogP contribution < -0.4 is 0 Å². The van der Waals surface area contributed by atoms with E-state index < -0.39 is 6.10 Å². The van der Waals surface area contributed by atoms with Gasteiger partial charge in [-0.25, -0.2) is 4.98 Å². The van der Waals surface area contributed by atoms with Crippen molar-refractivity contribution in [2.45, 2.75) is 6.10 Å². The molecule has 0 aliphatic carbocycles. The number of phenols is 1. The van der Waals surface area contributed by atoms with Crippen molar-refractivity contribution in [3.63, 3.8) is 0 Å². The molecule has 1 unspecified atom stereocenters. The van der Waals surface area contributed by atoms with Crippen LogP contribution in [0.4, 0.5) is 0 Å². The van der Waals surface area contributed by atoms with Crippen molar-refractivity contribution in [1.82, 2.24) is 4.98 Å². The number of hydrogen-bond donors (Lipinski definition) is 2. The van der Waals surface area contributed by atoms with Gasteiger partial charge < -0.3 is 10.2 Å². The summed E-state index contributed by atoms with van der Waals surface area (Å²) in [5, 5.41) is 20.6. The van der Waals surface area contributed by atoms with Crippen LogP contribution in [-0.4, -0.2) is 15.2 Å². The van der Waals surface area contributed by atoms with Gasteiger partial charge in [0.2, 0.25) is 0 Å². The fraction of sp³-hybridized carbons (Fsp3) is 0.0714. The Bertz CT molecular complexity index is 660. The zero-order valence-corrected chi connectivity index (χ0v) is 10.3. The average molecular weight is 257 g/mol. The first-order valence-electron chi connectivity index (χ1n) is 5.57. The highest BCUT2D eigenvalue weighted by Crippen LogP contribution is 2.33. The third-order valence-corrected chi connectivity index (χ3v) is 3.86. The molecule has 2 aromatic carbocycles. The standard InChI is InChI=1S/C14H11NO2S/c16-11-7-3-1-5-9(11)13(17)14-15-10-6-2-4-8-12(10)18-14/h1-8,13,16-17H. The predicted octanol–water partition coefficient (Wildman–Crippen LogP) is 3.08. The largest absolute Gasteiger partial charge is 0.508 e. The van der Waals surface area contributed by atoms with Gasteiger partial charge in [0.1, 0.15) is 16.9 Å². The molecule has 3 aromatic rings. The lowest BCUT2D eigenvalue weighted by atomic mass is 10.1. The SMILES string of the molecule is Oc1ccccc1C(O)c1nc2ccccc2s1. The number of aliphatic hydroxyl groups excluding tert-OH is 1. The number of thiazole rings is 1. The van der Waals surface area contributed by atoms with Gasteiger partial charge in [0, 0.05) is 5.56 Å². The first-order chi connectivity index (χ1) is 8.75. The Morgan fingerprint density at radius 2 is 1.72 bits per heavy atom. The molecule has 0 spiro atoms. The number of hydrogen-bond acceptors (Lipinski definition) is 4. The molecule has 0 aliphatic heterocycles. The van der Waals surface area contributed by atoms with Crippen molar-refractivity contribution >= 4 is 21.6 Å². The molecular formula is C14H11NO2S. The van der Waals surface area contributed by atoms with Crippen molar-refractivity contribution in [3.05, 3.63) is 59.1 Å². The fourth-order valence-electron chi connectivity index (χ4n) is 1.86. The number of nitrogens with zero attached hydrogens (tertiary/aromatic N) is 1.